The molecule has 0 aromatic carbocycles. The van der Waals surface area contributed by atoms with Crippen LogP contribution in [0.2, 0.25) is 0 Å². The number of carbonyl (C=O) groups is 1. The number of amides is 1. The van der Waals surface area contributed by atoms with E-state index in [0.717, 1.165) is 19.3 Å². The highest BCUT2D eigenvalue weighted by molar-refractivity contribution is 5.80. The molecule has 1 amide bonds. The Hall–Kier alpha value is -1.50. The van der Waals surface area contributed by atoms with Gasteiger partial charge in [-0.2, -0.15) is 0 Å². The molecule has 3 N–H and O–H groups in total. The highest BCUT2D eigenvalue weighted by atomic mass is 16.6. The van der Waals surface area contributed by atoms with E-state index in [4.69, 9.17) is 9.47 Å². The van der Waals surface area contributed by atoms with Crippen molar-refractivity contribution in [3.63, 3.8) is 0 Å². The number of ether oxygens (including phenoxy) is 2. The van der Waals surface area contributed by atoms with E-state index in [2.05, 4.69) is 27.9 Å². The second-order valence-corrected chi connectivity index (χ2v) is 6.56. The van der Waals surface area contributed by atoms with Crippen molar-refractivity contribution in [2.75, 3.05) is 33.4 Å². The summed E-state index contributed by atoms with van der Waals surface area (Å²) in [5.41, 5.74) is -0.493. The number of carbonyl (C=O) groups excluding carboxylic acids is 1. The Morgan fingerprint density at radius 2 is 1.92 bits per heavy atom. The molecule has 0 heterocycles. The molecule has 0 aromatic rings. The van der Waals surface area contributed by atoms with Gasteiger partial charge in [0.15, 0.2) is 5.96 Å². The average molecular weight is 345 g/mol. The Labute approximate surface area is 147 Å². The van der Waals surface area contributed by atoms with Gasteiger partial charge in [0.25, 0.3) is 0 Å². The summed E-state index contributed by atoms with van der Waals surface area (Å²) < 4.78 is 10.6. The molecule has 0 spiro atoms. The highest BCUT2D eigenvalue weighted by Crippen LogP contribution is 2.06. The molecule has 7 heteroatoms. The van der Waals surface area contributed by atoms with Crippen molar-refractivity contribution in [2.24, 2.45) is 4.99 Å². The van der Waals surface area contributed by atoms with Crippen molar-refractivity contribution >= 4 is 12.1 Å². The fourth-order valence-electron chi connectivity index (χ4n) is 1.97. The molecule has 0 rings (SSSR count). The molecular formula is C17H36N4O3. The van der Waals surface area contributed by atoms with Crippen LogP contribution >= 0.6 is 0 Å². The van der Waals surface area contributed by atoms with Crippen LogP contribution in [-0.4, -0.2) is 57.0 Å². The fraction of sp³-hybridized carbons (Fsp3) is 0.882. The standard InChI is InChI=1S/C17H36N4O3/c1-7-9-10-14(13-20-16(22)24-17(3,4)5)21-15(18-6)19-11-12-23-8-2/h14H,7-13H2,1-6H3,(H,20,22)(H2,18,19,21). The Bertz CT molecular complexity index is 367. The summed E-state index contributed by atoms with van der Waals surface area (Å²) in [5.74, 6) is 0.710. The van der Waals surface area contributed by atoms with Gasteiger partial charge in [0.2, 0.25) is 0 Å². The van der Waals surface area contributed by atoms with Crippen molar-refractivity contribution in [3.05, 3.63) is 0 Å². The van der Waals surface area contributed by atoms with Gasteiger partial charge in [0, 0.05) is 32.8 Å². The molecule has 1 unspecified atom stereocenters. The van der Waals surface area contributed by atoms with E-state index in [-0.39, 0.29) is 6.04 Å². The predicted molar refractivity (Wildman–Crippen MR) is 98.5 cm³/mol. The number of rotatable bonds is 10. The number of aliphatic imine (C=N–C) groups is 1. The van der Waals surface area contributed by atoms with Gasteiger partial charge in [-0.25, -0.2) is 4.79 Å². The lowest BCUT2D eigenvalue weighted by molar-refractivity contribution is 0.0523. The smallest absolute Gasteiger partial charge is 0.407 e. The number of unbranched alkanes of at least 4 members (excludes halogenated alkanes) is 1. The summed E-state index contributed by atoms with van der Waals surface area (Å²) in [7, 11) is 1.73. The molecular weight excluding hydrogens is 308 g/mol. The fourth-order valence-corrected chi connectivity index (χ4v) is 1.97. The summed E-state index contributed by atoms with van der Waals surface area (Å²) in [6, 6.07) is 0.0933. The van der Waals surface area contributed by atoms with E-state index in [1.165, 1.54) is 0 Å². The maximum atomic E-state index is 11.8. The first kappa shape index (κ1) is 22.5. The number of nitrogens with zero attached hydrogens (tertiary/aromatic N) is 1. The maximum absolute atomic E-state index is 11.8. The Kier molecular flexibility index (Phi) is 12.1. The summed E-state index contributed by atoms with van der Waals surface area (Å²) >= 11 is 0. The second-order valence-electron chi connectivity index (χ2n) is 6.56. The third-order valence-corrected chi connectivity index (χ3v) is 3.11. The van der Waals surface area contributed by atoms with Crippen molar-refractivity contribution in [3.8, 4) is 0 Å². The molecule has 24 heavy (non-hydrogen) atoms. The number of hydrogen-bond donors (Lipinski definition) is 3. The largest absolute Gasteiger partial charge is 0.444 e. The van der Waals surface area contributed by atoms with Crippen LogP contribution in [0.25, 0.3) is 0 Å². The van der Waals surface area contributed by atoms with Crippen molar-refractivity contribution < 1.29 is 14.3 Å². The zero-order valence-corrected chi connectivity index (χ0v) is 16.2. The van der Waals surface area contributed by atoms with E-state index in [0.29, 0.717) is 32.3 Å². The molecule has 0 bridgehead atoms. The summed E-state index contributed by atoms with van der Waals surface area (Å²) in [6.45, 7) is 12.2. The minimum absolute atomic E-state index is 0.0933. The van der Waals surface area contributed by atoms with Crippen LogP contribution < -0.4 is 16.0 Å². The normalized spacial score (nSPS) is 13.3. The van der Waals surface area contributed by atoms with Crippen molar-refractivity contribution in [2.45, 2.75) is 65.5 Å². The predicted octanol–water partition coefficient (Wildman–Crippen LogP) is 2.27. The lowest BCUT2D eigenvalue weighted by atomic mass is 10.1. The molecule has 1 atom stereocenters. The molecule has 0 radical (unpaired) electrons. The Morgan fingerprint density at radius 1 is 1.21 bits per heavy atom. The zero-order chi connectivity index (χ0) is 18.4. The first-order chi connectivity index (χ1) is 11.3. The molecule has 142 valence electrons. The SMILES string of the molecule is CCCCC(CNC(=O)OC(C)(C)C)NC(=NC)NCCOCC. The quantitative estimate of drug-likeness (QED) is 0.322. The topological polar surface area (TPSA) is 84.0 Å². The molecule has 0 saturated heterocycles. The van der Waals surface area contributed by atoms with Gasteiger partial charge >= 0.3 is 6.09 Å². The number of alkyl carbamates (subject to hydrolysis) is 1. The molecule has 0 saturated carbocycles. The van der Waals surface area contributed by atoms with Crippen molar-refractivity contribution in [1.29, 1.82) is 0 Å². The second kappa shape index (κ2) is 12.9. The van der Waals surface area contributed by atoms with Gasteiger partial charge in [-0.05, 0) is 34.1 Å². The molecule has 0 fully saturated rings. The minimum atomic E-state index is -0.493. The van der Waals surface area contributed by atoms with E-state index in [1.54, 1.807) is 7.05 Å². The van der Waals surface area contributed by atoms with Gasteiger partial charge in [0.05, 0.1) is 6.61 Å². The van der Waals surface area contributed by atoms with Crippen LogP contribution in [0.5, 0.6) is 0 Å². The average Bonchev–Trinajstić information content (AvgIpc) is 2.50. The minimum Gasteiger partial charge on any atom is -0.444 e. The Morgan fingerprint density at radius 3 is 2.46 bits per heavy atom. The van der Waals surface area contributed by atoms with Crippen molar-refractivity contribution in [1.82, 2.24) is 16.0 Å². The molecule has 0 aliphatic heterocycles. The van der Waals surface area contributed by atoms with Crippen LogP contribution in [0.1, 0.15) is 53.9 Å². The summed E-state index contributed by atoms with van der Waals surface area (Å²) in [4.78, 5) is 16.0. The molecule has 7 nitrogen and oxygen atoms in total. The van der Waals surface area contributed by atoms with E-state index in [1.807, 2.05) is 27.7 Å². The van der Waals surface area contributed by atoms with E-state index >= 15 is 0 Å². The van der Waals surface area contributed by atoms with Gasteiger partial charge in [0.1, 0.15) is 5.60 Å². The molecule has 0 aliphatic carbocycles. The monoisotopic (exact) mass is 344 g/mol. The lowest BCUT2D eigenvalue weighted by Crippen LogP contribution is -2.49. The lowest BCUT2D eigenvalue weighted by Gasteiger charge is -2.24. The van der Waals surface area contributed by atoms with Crippen LogP contribution in [0, 0.1) is 0 Å². The van der Waals surface area contributed by atoms with Gasteiger partial charge in [-0.1, -0.05) is 19.8 Å². The first-order valence-electron chi connectivity index (χ1n) is 8.84. The molecule has 0 aliphatic rings. The first-order valence-corrected chi connectivity index (χ1v) is 8.84. The third kappa shape index (κ3) is 13.0. The van der Waals surface area contributed by atoms with Gasteiger partial charge in [-0.15, -0.1) is 0 Å². The van der Waals surface area contributed by atoms with E-state index < -0.39 is 11.7 Å². The highest BCUT2D eigenvalue weighted by Gasteiger charge is 2.17. The van der Waals surface area contributed by atoms with Crippen LogP contribution in [0.15, 0.2) is 4.99 Å². The van der Waals surface area contributed by atoms with Crippen LogP contribution in [-0.2, 0) is 9.47 Å². The summed E-state index contributed by atoms with van der Waals surface area (Å²) in [5, 5.41) is 9.38. The zero-order valence-electron chi connectivity index (χ0n) is 16.2. The van der Waals surface area contributed by atoms with E-state index in [9.17, 15) is 4.79 Å². The van der Waals surface area contributed by atoms with Crippen LogP contribution in [0.3, 0.4) is 0 Å². The van der Waals surface area contributed by atoms with Crippen LogP contribution in [0.4, 0.5) is 4.79 Å². The Balaban J connectivity index is 4.39. The van der Waals surface area contributed by atoms with Gasteiger partial charge < -0.3 is 25.4 Å². The van der Waals surface area contributed by atoms with Gasteiger partial charge in [-0.3, -0.25) is 4.99 Å². The number of guanidine groups is 1. The third-order valence-electron chi connectivity index (χ3n) is 3.11. The molecule has 0 aromatic heterocycles. The number of nitrogens with one attached hydrogen (secondary N) is 3. The number of hydrogen-bond acceptors (Lipinski definition) is 4. The maximum Gasteiger partial charge on any atom is 0.407 e. The summed E-state index contributed by atoms with van der Waals surface area (Å²) in [6.07, 6.45) is 2.72.